The van der Waals surface area contributed by atoms with E-state index >= 15 is 0 Å². The SMILES string of the molecule is NC1CC(=O)NO1. The molecule has 0 aromatic heterocycles. The van der Waals surface area contributed by atoms with Crippen molar-refractivity contribution in [3.8, 4) is 0 Å². The Kier molecular flexibility index (Phi) is 0.958. The van der Waals surface area contributed by atoms with Crippen molar-refractivity contribution in [1.29, 1.82) is 0 Å². The van der Waals surface area contributed by atoms with Gasteiger partial charge in [0.25, 0.3) is 0 Å². The van der Waals surface area contributed by atoms with Gasteiger partial charge in [0.15, 0.2) is 0 Å². The minimum Gasteiger partial charge on any atom is -0.303 e. The average molecular weight is 102 g/mol. The standard InChI is InChI=1S/C3H6N2O2/c4-2-1-3(6)5-7-2/h2H,1,4H2,(H,5,6). The van der Waals surface area contributed by atoms with E-state index in [1.54, 1.807) is 0 Å². The molecule has 1 unspecified atom stereocenters. The number of carbonyl (C=O) groups excluding carboxylic acids is 1. The average Bonchev–Trinajstić information content (AvgIpc) is 1.87. The number of nitrogens with two attached hydrogens (primary N) is 1. The number of rotatable bonds is 0. The lowest BCUT2D eigenvalue weighted by Crippen LogP contribution is -2.19. The Labute approximate surface area is 40.6 Å². The first kappa shape index (κ1) is 4.55. The van der Waals surface area contributed by atoms with Crippen LogP contribution in [-0.4, -0.2) is 12.1 Å². The summed E-state index contributed by atoms with van der Waals surface area (Å²) in [5.41, 5.74) is 7.22. The zero-order chi connectivity index (χ0) is 5.28. The molecule has 0 radical (unpaired) electrons. The number of hydroxylamine groups is 1. The second-order valence-electron chi connectivity index (χ2n) is 1.39. The Bertz CT molecular complexity index is 92.9. The Hall–Kier alpha value is -0.610. The van der Waals surface area contributed by atoms with E-state index in [0.717, 1.165) is 0 Å². The lowest BCUT2D eigenvalue weighted by atomic mass is 10.4. The fraction of sp³-hybridized carbons (Fsp3) is 0.667. The summed E-state index contributed by atoms with van der Waals surface area (Å²) in [6, 6.07) is 0. The molecule has 0 aromatic rings. The van der Waals surface area contributed by atoms with Crippen molar-refractivity contribution in [2.45, 2.75) is 12.6 Å². The molecule has 1 amide bonds. The van der Waals surface area contributed by atoms with Crippen molar-refractivity contribution in [1.82, 2.24) is 5.48 Å². The maximum Gasteiger partial charge on any atom is 0.247 e. The summed E-state index contributed by atoms with van der Waals surface area (Å²) >= 11 is 0. The minimum atomic E-state index is -0.438. The van der Waals surface area contributed by atoms with Gasteiger partial charge in [0.05, 0.1) is 6.42 Å². The van der Waals surface area contributed by atoms with Crippen molar-refractivity contribution >= 4 is 5.91 Å². The van der Waals surface area contributed by atoms with E-state index in [2.05, 4.69) is 10.3 Å². The van der Waals surface area contributed by atoms with E-state index < -0.39 is 6.23 Å². The molecule has 0 aliphatic carbocycles. The van der Waals surface area contributed by atoms with Crippen molar-refractivity contribution in [3.05, 3.63) is 0 Å². The maximum atomic E-state index is 10.1. The summed E-state index contributed by atoms with van der Waals surface area (Å²) in [7, 11) is 0. The van der Waals surface area contributed by atoms with Gasteiger partial charge >= 0.3 is 0 Å². The second kappa shape index (κ2) is 1.48. The zero-order valence-corrected chi connectivity index (χ0v) is 3.68. The van der Waals surface area contributed by atoms with Gasteiger partial charge in [-0.1, -0.05) is 0 Å². The molecule has 0 saturated carbocycles. The molecule has 0 aromatic carbocycles. The van der Waals surface area contributed by atoms with Gasteiger partial charge in [0.1, 0.15) is 6.23 Å². The molecule has 1 heterocycles. The Morgan fingerprint density at radius 1 is 2.00 bits per heavy atom. The summed E-state index contributed by atoms with van der Waals surface area (Å²) in [6.07, 6.45) is -0.160. The summed E-state index contributed by atoms with van der Waals surface area (Å²) in [6.45, 7) is 0. The second-order valence-corrected chi connectivity index (χ2v) is 1.39. The number of amides is 1. The van der Waals surface area contributed by atoms with Crippen LogP contribution in [0.1, 0.15) is 6.42 Å². The van der Waals surface area contributed by atoms with E-state index in [4.69, 9.17) is 5.73 Å². The van der Waals surface area contributed by atoms with Gasteiger partial charge in [-0.3, -0.25) is 9.63 Å². The highest BCUT2D eigenvalue weighted by molar-refractivity contribution is 5.76. The smallest absolute Gasteiger partial charge is 0.247 e. The monoisotopic (exact) mass is 102 g/mol. The number of hydrogen-bond acceptors (Lipinski definition) is 3. The van der Waals surface area contributed by atoms with E-state index in [9.17, 15) is 4.79 Å². The van der Waals surface area contributed by atoms with Crippen LogP contribution < -0.4 is 11.2 Å². The first-order chi connectivity index (χ1) is 3.29. The highest BCUT2D eigenvalue weighted by Crippen LogP contribution is 1.95. The van der Waals surface area contributed by atoms with Crippen molar-refractivity contribution in [2.75, 3.05) is 0 Å². The van der Waals surface area contributed by atoms with Gasteiger partial charge in [-0.15, -0.1) is 0 Å². The summed E-state index contributed by atoms with van der Waals surface area (Å²) in [4.78, 5) is 14.6. The Morgan fingerprint density at radius 3 is 2.86 bits per heavy atom. The highest BCUT2D eigenvalue weighted by atomic mass is 16.7. The number of hydrogen-bond donors (Lipinski definition) is 2. The first-order valence-electron chi connectivity index (χ1n) is 1.99. The highest BCUT2D eigenvalue weighted by Gasteiger charge is 2.17. The van der Waals surface area contributed by atoms with Crippen LogP contribution in [-0.2, 0) is 9.63 Å². The molecule has 40 valence electrons. The van der Waals surface area contributed by atoms with Gasteiger partial charge in [-0.25, -0.2) is 5.48 Å². The van der Waals surface area contributed by atoms with Crippen molar-refractivity contribution in [2.24, 2.45) is 5.73 Å². The predicted molar refractivity (Wildman–Crippen MR) is 21.8 cm³/mol. The molecule has 1 fully saturated rings. The molecule has 7 heavy (non-hydrogen) atoms. The van der Waals surface area contributed by atoms with Gasteiger partial charge in [-0.05, 0) is 0 Å². The zero-order valence-electron chi connectivity index (χ0n) is 3.68. The van der Waals surface area contributed by atoms with Gasteiger partial charge in [0.2, 0.25) is 5.91 Å². The quantitative estimate of drug-likeness (QED) is 0.400. The van der Waals surface area contributed by atoms with Crippen LogP contribution in [0.3, 0.4) is 0 Å². The normalized spacial score (nSPS) is 30.4. The van der Waals surface area contributed by atoms with Crippen LogP contribution in [0.2, 0.25) is 0 Å². The summed E-state index contributed by atoms with van der Waals surface area (Å²) < 4.78 is 0. The van der Waals surface area contributed by atoms with Gasteiger partial charge < -0.3 is 5.73 Å². The molecular formula is C3H6N2O2. The topological polar surface area (TPSA) is 64.4 Å². The molecule has 1 aliphatic rings. The third-order valence-electron chi connectivity index (χ3n) is 0.711. The van der Waals surface area contributed by atoms with Crippen LogP contribution in [0.5, 0.6) is 0 Å². The Balaban J connectivity index is 2.40. The van der Waals surface area contributed by atoms with E-state index in [-0.39, 0.29) is 12.3 Å². The van der Waals surface area contributed by atoms with Crippen LogP contribution >= 0.6 is 0 Å². The summed E-state index contributed by atoms with van der Waals surface area (Å²) in [5, 5.41) is 0. The van der Waals surface area contributed by atoms with Gasteiger partial charge in [-0.2, -0.15) is 0 Å². The molecule has 4 nitrogen and oxygen atoms in total. The maximum absolute atomic E-state index is 10.1. The summed E-state index contributed by atoms with van der Waals surface area (Å²) in [5.74, 6) is -0.146. The molecule has 1 saturated heterocycles. The fourth-order valence-electron chi connectivity index (χ4n) is 0.407. The minimum absolute atomic E-state index is 0.146. The third kappa shape index (κ3) is 0.880. The number of nitrogens with one attached hydrogen (secondary N) is 1. The first-order valence-corrected chi connectivity index (χ1v) is 1.99. The Morgan fingerprint density at radius 2 is 2.71 bits per heavy atom. The van der Waals surface area contributed by atoms with Crippen LogP contribution in [0.25, 0.3) is 0 Å². The molecule has 0 bridgehead atoms. The number of carbonyl (C=O) groups is 1. The lowest BCUT2D eigenvalue weighted by Gasteiger charge is -1.92. The van der Waals surface area contributed by atoms with Crippen LogP contribution in [0.15, 0.2) is 0 Å². The molecule has 1 atom stereocenters. The van der Waals surface area contributed by atoms with Gasteiger partial charge in [0, 0.05) is 0 Å². The molecule has 1 aliphatic heterocycles. The molecule has 1 rings (SSSR count). The third-order valence-corrected chi connectivity index (χ3v) is 0.711. The molecular weight excluding hydrogens is 96.0 g/mol. The van der Waals surface area contributed by atoms with Crippen LogP contribution in [0, 0.1) is 0 Å². The van der Waals surface area contributed by atoms with Crippen molar-refractivity contribution < 1.29 is 9.63 Å². The lowest BCUT2D eigenvalue weighted by molar-refractivity contribution is -0.124. The van der Waals surface area contributed by atoms with Crippen LogP contribution in [0.4, 0.5) is 0 Å². The van der Waals surface area contributed by atoms with E-state index in [0.29, 0.717) is 0 Å². The molecule has 4 heteroatoms. The molecule has 3 N–H and O–H groups in total. The largest absolute Gasteiger partial charge is 0.303 e. The van der Waals surface area contributed by atoms with E-state index in [1.165, 1.54) is 0 Å². The van der Waals surface area contributed by atoms with E-state index in [1.807, 2.05) is 0 Å². The van der Waals surface area contributed by atoms with Crippen molar-refractivity contribution in [3.63, 3.8) is 0 Å². The fourth-order valence-corrected chi connectivity index (χ4v) is 0.407. The predicted octanol–water partition coefficient (Wildman–Crippen LogP) is -1.28. The molecule has 0 spiro atoms.